The number of aromatic amines is 4. The van der Waals surface area contributed by atoms with Crippen LogP contribution in [-0.4, -0.2) is 158 Å². The normalized spacial score (nSPS) is 14.5. The number of H-pyrrole nitrogens is 4. The predicted octanol–water partition coefficient (Wildman–Crippen LogP) is 4.79. The van der Waals surface area contributed by atoms with E-state index in [1.54, 1.807) is 94.5 Å². The molecular weight excluding hydrogens is 1330 g/mol. The van der Waals surface area contributed by atoms with Gasteiger partial charge in [-0.3, -0.25) is 62.5 Å². The molecule has 0 radical (unpaired) electrons. The summed E-state index contributed by atoms with van der Waals surface area (Å²) in [6.07, 6.45) is 1.28. The molecule has 542 valence electrons. The van der Waals surface area contributed by atoms with Gasteiger partial charge in [-0.25, -0.2) is 19.9 Å². The van der Waals surface area contributed by atoms with E-state index < -0.39 is 0 Å². The number of morpholine rings is 1. The molecule has 5 aliphatic rings. The number of carbonyl (C=O) groups is 8. The fourth-order valence-electron chi connectivity index (χ4n) is 12.9. The van der Waals surface area contributed by atoms with Crippen molar-refractivity contribution >= 4 is 93.0 Å². The average Bonchev–Trinajstić information content (AvgIpc) is 1.01. The maximum Gasteiger partial charge on any atom is 0.255 e. The minimum absolute atomic E-state index is 0.00291. The van der Waals surface area contributed by atoms with Crippen LogP contribution < -0.4 is 62.3 Å². The molecule has 13 rings (SSSR count). The van der Waals surface area contributed by atoms with Gasteiger partial charge in [0.1, 0.15) is 37.1 Å². The van der Waals surface area contributed by atoms with Crippen molar-refractivity contribution in [3.8, 4) is 0 Å². The predicted molar refractivity (Wildman–Crippen MR) is 391 cm³/mol. The first kappa shape index (κ1) is 74.6. The molecule has 1 fully saturated rings. The lowest BCUT2D eigenvalue weighted by Crippen LogP contribution is -2.46. The SMILES string of the molecule is CC(=O)N1CCN(C(=O)CCc2c(C)nc(C)[nH]c2=O)c2ccccc21.Cc1nc(C)c(CC(=O)N2CC(=O)Nc3ccccc32)c(=O)[nH]1.Cc1nc(C)c(CCC(=O)N2CC(=O)N(C)c3ccccc32)c(=O)[nH]1.Cc1nc(N2CCOCC2)[nH]c(=O)c1CCC(=O)N1CC(=O)Nc2ccccc2C1. The van der Waals surface area contributed by atoms with E-state index in [1.165, 1.54) is 21.6 Å². The van der Waals surface area contributed by atoms with E-state index in [9.17, 15) is 57.5 Å². The van der Waals surface area contributed by atoms with Crippen molar-refractivity contribution in [1.29, 1.82) is 0 Å². The van der Waals surface area contributed by atoms with Gasteiger partial charge in [-0.05, 0) is 116 Å². The molecule has 0 unspecified atom stereocenters. The van der Waals surface area contributed by atoms with Crippen molar-refractivity contribution in [2.24, 2.45) is 0 Å². The summed E-state index contributed by atoms with van der Waals surface area (Å²) in [7, 11) is 1.70. The molecule has 1 saturated heterocycles. The van der Waals surface area contributed by atoms with Crippen molar-refractivity contribution in [1.82, 2.24) is 44.8 Å². The quantitative estimate of drug-likeness (QED) is 0.0957. The number of nitrogens with one attached hydrogen (secondary N) is 6. The molecular formula is C74H83N17O13. The Kier molecular flexibility index (Phi) is 23.8. The highest BCUT2D eigenvalue weighted by Crippen LogP contribution is 2.35. The number of fused-ring (bicyclic) bond motifs is 4. The van der Waals surface area contributed by atoms with Crippen molar-refractivity contribution in [3.05, 3.63) is 207 Å². The van der Waals surface area contributed by atoms with Crippen LogP contribution in [0.1, 0.15) is 94.3 Å². The Labute approximate surface area is 597 Å². The van der Waals surface area contributed by atoms with E-state index in [0.717, 1.165) is 22.6 Å². The van der Waals surface area contributed by atoms with Gasteiger partial charge in [0.2, 0.25) is 53.2 Å². The third kappa shape index (κ3) is 17.8. The van der Waals surface area contributed by atoms with E-state index in [-0.39, 0.29) is 128 Å². The number of rotatable bonds is 12. The lowest BCUT2D eigenvalue weighted by molar-refractivity contribution is -0.135. The highest BCUT2D eigenvalue weighted by Gasteiger charge is 2.33. The van der Waals surface area contributed by atoms with Gasteiger partial charge in [-0.1, -0.05) is 54.6 Å². The fourth-order valence-corrected chi connectivity index (χ4v) is 12.9. The number of anilines is 8. The van der Waals surface area contributed by atoms with E-state index >= 15 is 0 Å². The van der Waals surface area contributed by atoms with Gasteiger partial charge in [0.05, 0.1) is 53.8 Å². The summed E-state index contributed by atoms with van der Waals surface area (Å²) >= 11 is 0. The Balaban J connectivity index is 0.000000150. The van der Waals surface area contributed by atoms with E-state index in [2.05, 4.69) is 50.5 Å². The zero-order valence-electron chi connectivity index (χ0n) is 59.5. The second-order valence-electron chi connectivity index (χ2n) is 25.5. The largest absolute Gasteiger partial charge is 0.378 e. The van der Waals surface area contributed by atoms with E-state index in [0.29, 0.717) is 144 Å². The zero-order valence-corrected chi connectivity index (χ0v) is 59.5. The lowest BCUT2D eigenvalue weighted by Gasteiger charge is -2.36. The number of hydrogen-bond acceptors (Lipinski definition) is 18. The number of nitrogens with zero attached hydrogens (tertiary/aromatic N) is 11. The second kappa shape index (κ2) is 33.1. The van der Waals surface area contributed by atoms with Crippen molar-refractivity contribution in [3.63, 3.8) is 0 Å². The third-order valence-electron chi connectivity index (χ3n) is 18.2. The average molecular weight is 1420 g/mol. The van der Waals surface area contributed by atoms with Crippen molar-refractivity contribution in [2.75, 3.05) is 106 Å². The maximum atomic E-state index is 12.8. The molecule has 0 saturated carbocycles. The van der Waals surface area contributed by atoms with Gasteiger partial charge in [0, 0.05) is 117 Å². The Morgan fingerprint density at radius 2 is 0.846 bits per heavy atom. The Morgan fingerprint density at radius 1 is 0.423 bits per heavy atom. The molecule has 4 aromatic carbocycles. The maximum absolute atomic E-state index is 12.8. The summed E-state index contributed by atoms with van der Waals surface area (Å²) in [5, 5.41) is 5.55. The lowest BCUT2D eigenvalue weighted by atomic mass is 10.1. The summed E-state index contributed by atoms with van der Waals surface area (Å²) < 4.78 is 5.33. The van der Waals surface area contributed by atoms with Gasteiger partial charge in [-0.2, -0.15) is 0 Å². The first-order valence-corrected chi connectivity index (χ1v) is 34.0. The van der Waals surface area contributed by atoms with Crippen LogP contribution in [0, 0.1) is 48.5 Å². The summed E-state index contributed by atoms with van der Waals surface area (Å²) in [6, 6.07) is 29.2. The fraction of sp³-hybridized carbons (Fsp3) is 0.351. The Morgan fingerprint density at radius 3 is 1.39 bits per heavy atom. The molecule has 8 aromatic rings. The molecule has 0 spiro atoms. The number of para-hydroxylation sites is 7. The first-order valence-electron chi connectivity index (χ1n) is 34.0. The highest BCUT2D eigenvalue weighted by atomic mass is 16.5. The molecule has 6 N–H and O–H groups in total. The highest BCUT2D eigenvalue weighted by molar-refractivity contribution is 6.12. The molecule has 104 heavy (non-hydrogen) atoms. The van der Waals surface area contributed by atoms with Crippen LogP contribution in [0.5, 0.6) is 0 Å². The van der Waals surface area contributed by atoms with Gasteiger partial charge >= 0.3 is 0 Å². The number of likely N-dealkylation sites (N-methyl/N-ethyl adjacent to an activating group) is 1. The van der Waals surface area contributed by atoms with Crippen LogP contribution in [0.4, 0.5) is 45.8 Å². The smallest absolute Gasteiger partial charge is 0.255 e. The standard InChI is InChI=1S/C21H25N5O4.C19H22N4O3.C18H20N4O3.C16H16N4O3/c1-14-16(20(29)24-21(22-14)25-8-10-30-11-9-25)6-7-19(28)26-12-15-4-2-3-5-17(15)23-18(27)13-26;1-12-15(19(26)21-13(2)20-12)8-9-18(25)23-11-10-22(14(3)24)16-6-4-5-7-17(16)23;1-11-13(18(25)20-12(2)19-11)8-9-16(23)22-10-17(24)21(3)14-6-4-5-7-15(14)22;1-9-11(16(23)18-10(2)17-9)7-15(22)20-8-14(21)19-12-5-3-4-6-13(12)20/h2-5H,6-13H2,1H3,(H,23,27)(H,22,24,29);4-7H,8-11H2,1-3H3,(H,20,21,26);4-7H,8-10H2,1-3H3,(H,19,20,25);3-6H,7-8H2,1-2H3,(H,19,21)(H,17,18,23). The van der Waals surface area contributed by atoms with Crippen molar-refractivity contribution < 1.29 is 43.1 Å². The molecule has 4 aromatic heterocycles. The molecule has 0 atom stereocenters. The van der Waals surface area contributed by atoms with Gasteiger partial charge in [0.15, 0.2) is 0 Å². The Bertz CT molecular complexity index is 4900. The molecule has 0 aliphatic carbocycles. The van der Waals surface area contributed by atoms with Gasteiger partial charge < -0.3 is 64.6 Å². The third-order valence-corrected chi connectivity index (χ3v) is 18.2. The van der Waals surface area contributed by atoms with Crippen LogP contribution in [0.3, 0.4) is 0 Å². The van der Waals surface area contributed by atoms with E-state index in [1.807, 2.05) is 77.7 Å². The molecule has 8 amide bonds. The van der Waals surface area contributed by atoms with Gasteiger partial charge in [-0.15, -0.1) is 0 Å². The number of aromatic nitrogens is 8. The van der Waals surface area contributed by atoms with Crippen LogP contribution in [0.15, 0.2) is 116 Å². The number of hydrogen-bond donors (Lipinski definition) is 6. The summed E-state index contributed by atoms with van der Waals surface area (Å²) in [5.74, 6) is 0.757. The molecule has 30 nitrogen and oxygen atoms in total. The topological polar surface area (TPSA) is 376 Å². The van der Waals surface area contributed by atoms with Crippen LogP contribution in [0.25, 0.3) is 0 Å². The Hall–Kier alpha value is -12.1. The minimum Gasteiger partial charge on any atom is -0.378 e. The van der Waals surface area contributed by atoms with Crippen LogP contribution >= 0.6 is 0 Å². The number of benzene rings is 4. The number of ether oxygens (including phenoxy) is 1. The summed E-state index contributed by atoms with van der Waals surface area (Å²) in [6.45, 7) is 17.4. The van der Waals surface area contributed by atoms with Crippen LogP contribution in [-0.2, 0) is 75.3 Å². The zero-order chi connectivity index (χ0) is 74.6. The number of aryl methyl sites for hydroxylation is 7. The molecule has 5 aliphatic heterocycles. The van der Waals surface area contributed by atoms with Gasteiger partial charge in [0.25, 0.3) is 22.2 Å². The first-order chi connectivity index (χ1) is 49.7. The summed E-state index contributed by atoms with van der Waals surface area (Å²) in [5.41, 5.74) is 9.07. The van der Waals surface area contributed by atoms with Crippen LogP contribution in [0.2, 0.25) is 0 Å². The van der Waals surface area contributed by atoms with E-state index in [4.69, 9.17) is 4.74 Å². The molecule has 9 heterocycles. The number of amides is 8. The number of carbonyl (C=O) groups excluding carboxylic acids is 8. The van der Waals surface area contributed by atoms with Crippen molar-refractivity contribution in [2.45, 2.75) is 107 Å². The molecule has 0 bridgehead atoms. The summed E-state index contributed by atoms with van der Waals surface area (Å²) in [4.78, 5) is 187. The second-order valence-corrected chi connectivity index (χ2v) is 25.5. The minimum atomic E-state index is -0.321. The molecule has 30 heteroatoms. The monoisotopic (exact) mass is 1420 g/mol.